The van der Waals surface area contributed by atoms with Crippen LogP contribution in [-0.4, -0.2) is 38.0 Å². The molecule has 0 aliphatic carbocycles. The first-order chi connectivity index (χ1) is 15.4. The Bertz CT molecular complexity index is 1190. The monoisotopic (exact) mass is 511 g/mol. The van der Waals surface area contributed by atoms with Crippen LogP contribution in [0.25, 0.3) is 10.9 Å². The molecule has 0 saturated carbocycles. The summed E-state index contributed by atoms with van der Waals surface area (Å²) in [6, 6.07) is 8.51. The maximum absolute atomic E-state index is 13.5. The molecule has 10 heteroatoms. The third-order valence-electron chi connectivity index (χ3n) is 4.94. The van der Waals surface area contributed by atoms with Gasteiger partial charge in [0.05, 0.1) is 5.69 Å². The maximum atomic E-state index is 13.5. The van der Waals surface area contributed by atoms with Gasteiger partial charge in [0.15, 0.2) is 6.29 Å². The lowest BCUT2D eigenvalue weighted by Gasteiger charge is -2.32. The van der Waals surface area contributed by atoms with E-state index in [1.54, 1.807) is 57.2 Å². The van der Waals surface area contributed by atoms with Gasteiger partial charge in [-0.2, -0.15) is 0 Å². The number of aliphatic hydroxyl groups is 2. The Kier molecular flexibility index (Phi) is 7.61. The van der Waals surface area contributed by atoms with Gasteiger partial charge in [0.2, 0.25) is 12.3 Å². The maximum Gasteiger partial charge on any atom is 0.247 e. The quantitative estimate of drug-likeness (QED) is 0.271. The number of aromatic nitrogens is 1. The first-order valence-electron chi connectivity index (χ1n) is 10.1. The third kappa shape index (κ3) is 5.80. The van der Waals surface area contributed by atoms with Crippen molar-refractivity contribution in [3.8, 4) is 0 Å². The van der Waals surface area contributed by atoms with E-state index >= 15 is 0 Å². The van der Waals surface area contributed by atoms with Gasteiger partial charge in [0, 0.05) is 43.6 Å². The lowest BCUT2D eigenvalue weighted by Crippen LogP contribution is -2.47. The molecule has 0 radical (unpaired) electrons. The number of rotatable bonds is 7. The van der Waals surface area contributed by atoms with Crippen LogP contribution in [-0.2, 0) is 16.1 Å². The molecule has 0 aliphatic rings. The van der Waals surface area contributed by atoms with E-state index < -0.39 is 23.8 Å². The molecule has 4 N–H and O–H groups in total. The third-order valence-corrected chi connectivity index (χ3v) is 5.77. The number of nitrogens with zero attached hydrogens (tertiary/aromatic N) is 1. The normalized spacial score (nSPS) is 12.8. The van der Waals surface area contributed by atoms with Gasteiger partial charge in [0.1, 0.15) is 6.04 Å². The predicted molar refractivity (Wildman–Crippen MR) is 129 cm³/mol. The fourth-order valence-electron chi connectivity index (χ4n) is 3.63. The Morgan fingerprint density at radius 3 is 2.33 bits per heavy atom. The summed E-state index contributed by atoms with van der Waals surface area (Å²) in [6.07, 6.45) is -1.40. The van der Waals surface area contributed by atoms with Crippen molar-refractivity contribution in [1.82, 2.24) is 15.2 Å². The number of hydrogen-bond donors (Lipinski definition) is 4. The molecule has 1 atom stereocenters. The van der Waals surface area contributed by atoms with Crippen LogP contribution >= 0.6 is 34.8 Å². The molecule has 0 aliphatic heterocycles. The van der Waals surface area contributed by atoms with Crippen molar-refractivity contribution >= 4 is 58.0 Å². The second-order valence-corrected chi connectivity index (χ2v) is 9.95. The van der Waals surface area contributed by atoms with Crippen LogP contribution in [0.1, 0.15) is 49.9 Å². The van der Waals surface area contributed by atoms with E-state index in [-0.39, 0.29) is 17.8 Å². The van der Waals surface area contributed by atoms with Crippen LogP contribution in [0.3, 0.4) is 0 Å². The zero-order valence-corrected chi connectivity index (χ0v) is 20.5. The van der Waals surface area contributed by atoms with Crippen LogP contribution in [0.5, 0.6) is 0 Å². The van der Waals surface area contributed by atoms with Crippen molar-refractivity contribution in [3.05, 3.63) is 68.3 Å². The van der Waals surface area contributed by atoms with Gasteiger partial charge in [0.25, 0.3) is 0 Å². The molecule has 7 nitrogen and oxygen atoms in total. The summed E-state index contributed by atoms with van der Waals surface area (Å²) in [4.78, 5) is 30.0. The van der Waals surface area contributed by atoms with E-state index in [2.05, 4.69) is 10.3 Å². The fraction of sp³-hybridized carbons (Fsp3) is 0.304. The van der Waals surface area contributed by atoms with E-state index in [1.807, 2.05) is 0 Å². The van der Waals surface area contributed by atoms with Crippen LogP contribution in [0.2, 0.25) is 15.1 Å². The van der Waals surface area contributed by atoms with Crippen molar-refractivity contribution in [1.29, 1.82) is 0 Å². The lowest BCUT2D eigenvalue weighted by atomic mass is 9.98. The van der Waals surface area contributed by atoms with Crippen molar-refractivity contribution < 1.29 is 19.8 Å². The molecule has 3 rings (SSSR count). The average Bonchev–Trinajstić information content (AvgIpc) is 3.06. The van der Waals surface area contributed by atoms with Crippen LogP contribution in [0.15, 0.2) is 36.4 Å². The predicted octanol–water partition coefficient (Wildman–Crippen LogP) is 4.73. The molecule has 0 saturated heterocycles. The molecule has 1 aromatic heterocycles. The molecule has 0 fully saturated rings. The van der Waals surface area contributed by atoms with Gasteiger partial charge in [-0.05, 0) is 50.6 Å². The van der Waals surface area contributed by atoms with Crippen LogP contribution < -0.4 is 5.32 Å². The number of nitrogens with one attached hydrogen (secondary N) is 2. The minimum Gasteiger partial charge on any atom is -0.363 e. The molecule has 1 heterocycles. The number of halogens is 3. The molecule has 2 aromatic carbocycles. The number of benzene rings is 2. The number of fused-ring (bicyclic) bond motifs is 1. The minimum atomic E-state index is -1.93. The summed E-state index contributed by atoms with van der Waals surface area (Å²) in [5.74, 6) is -0.502. The molecule has 0 spiro atoms. The summed E-state index contributed by atoms with van der Waals surface area (Å²) in [5.41, 5.74) is 0.668. The first kappa shape index (κ1) is 25.3. The number of carbonyl (C=O) groups excluding carboxylic acids is 2. The van der Waals surface area contributed by atoms with E-state index in [0.717, 1.165) is 0 Å². The van der Waals surface area contributed by atoms with Gasteiger partial charge in [-0.15, -0.1) is 0 Å². The average molecular weight is 513 g/mol. The summed E-state index contributed by atoms with van der Waals surface area (Å²) in [7, 11) is 0. The Balaban J connectivity index is 2.20. The molecular formula is C23H24Cl3N3O4. The van der Waals surface area contributed by atoms with E-state index in [1.165, 1.54) is 4.90 Å². The number of aliphatic hydroxyl groups excluding tert-OH is 1. The standard InChI is InChI=1S/C23H24Cl3N3O4/c1-23(2,3)28-21(31)20(29(11-30)10-12-4-5-13(24)8-16(12)26)18-15-7-6-14(25)9-17(15)27-19(18)22(32)33/h4-9,11,20,22,27,32-33H,10H2,1-3H3,(H,28,31). The van der Waals surface area contributed by atoms with E-state index in [4.69, 9.17) is 34.8 Å². The molecule has 3 aromatic rings. The summed E-state index contributed by atoms with van der Waals surface area (Å²) in [6.45, 7) is 5.39. The molecule has 0 bridgehead atoms. The van der Waals surface area contributed by atoms with E-state index in [0.29, 0.717) is 37.9 Å². The zero-order chi connectivity index (χ0) is 24.5. The molecular weight excluding hydrogens is 489 g/mol. The molecule has 2 amide bonds. The second kappa shape index (κ2) is 9.91. The van der Waals surface area contributed by atoms with E-state index in [9.17, 15) is 19.8 Å². The highest BCUT2D eigenvalue weighted by atomic mass is 35.5. The largest absolute Gasteiger partial charge is 0.363 e. The topological polar surface area (TPSA) is 106 Å². The fourth-order valence-corrected chi connectivity index (χ4v) is 4.27. The minimum absolute atomic E-state index is 0.0182. The Morgan fingerprint density at radius 2 is 1.76 bits per heavy atom. The smallest absolute Gasteiger partial charge is 0.247 e. The summed E-state index contributed by atoms with van der Waals surface area (Å²) in [5, 5.41) is 24.7. The number of amides is 2. The molecule has 1 unspecified atom stereocenters. The highest BCUT2D eigenvalue weighted by Crippen LogP contribution is 2.36. The van der Waals surface area contributed by atoms with Crippen molar-refractivity contribution in [2.75, 3.05) is 0 Å². The second-order valence-electron chi connectivity index (χ2n) is 8.67. The zero-order valence-electron chi connectivity index (χ0n) is 18.2. The Hall–Kier alpha value is -2.29. The van der Waals surface area contributed by atoms with Crippen molar-refractivity contribution in [2.24, 2.45) is 0 Å². The Morgan fingerprint density at radius 1 is 1.12 bits per heavy atom. The highest BCUT2D eigenvalue weighted by molar-refractivity contribution is 6.35. The van der Waals surface area contributed by atoms with Gasteiger partial charge in [-0.3, -0.25) is 9.59 Å². The summed E-state index contributed by atoms with van der Waals surface area (Å²) < 4.78 is 0. The van der Waals surface area contributed by atoms with Gasteiger partial charge >= 0.3 is 0 Å². The first-order valence-corrected chi connectivity index (χ1v) is 11.2. The number of aromatic amines is 1. The highest BCUT2D eigenvalue weighted by Gasteiger charge is 2.35. The lowest BCUT2D eigenvalue weighted by molar-refractivity contribution is -0.135. The SMILES string of the molecule is CC(C)(C)NC(=O)C(c1c(C(O)O)[nH]c2cc(Cl)ccc12)N(C=O)Cc1ccc(Cl)cc1Cl. The van der Waals surface area contributed by atoms with Crippen molar-refractivity contribution in [2.45, 2.75) is 45.2 Å². The number of carbonyl (C=O) groups is 2. The Labute approximate surface area is 206 Å². The van der Waals surface area contributed by atoms with Crippen molar-refractivity contribution in [3.63, 3.8) is 0 Å². The van der Waals surface area contributed by atoms with Gasteiger partial charge in [-0.1, -0.05) is 46.9 Å². The molecule has 176 valence electrons. The van der Waals surface area contributed by atoms with Crippen LogP contribution in [0, 0.1) is 0 Å². The van der Waals surface area contributed by atoms with Gasteiger partial charge < -0.3 is 25.4 Å². The summed E-state index contributed by atoms with van der Waals surface area (Å²) >= 11 is 18.4. The molecule has 33 heavy (non-hydrogen) atoms. The number of H-pyrrole nitrogens is 1. The van der Waals surface area contributed by atoms with Gasteiger partial charge in [-0.25, -0.2) is 0 Å². The van der Waals surface area contributed by atoms with Crippen LogP contribution in [0.4, 0.5) is 0 Å². The number of hydrogen-bond acceptors (Lipinski definition) is 4.